The Morgan fingerprint density at radius 2 is 2.08 bits per heavy atom. The Morgan fingerprint density at radius 3 is 2.73 bits per heavy atom. The van der Waals surface area contributed by atoms with Crippen molar-refractivity contribution in [1.82, 2.24) is 4.90 Å². The maximum atomic E-state index is 13.0. The van der Waals surface area contributed by atoms with Crippen molar-refractivity contribution in [3.05, 3.63) is 22.7 Å². The number of hydrogen-bond acceptors (Lipinski definition) is 4. The van der Waals surface area contributed by atoms with Gasteiger partial charge in [-0.3, -0.25) is 4.79 Å². The Hall–Kier alpha value is -1.17. The number of amides is 1. The fourth-order valence-corrected chi connectivity index (χ4v) is 3.36. The summed E-state index contributed by atoms with van der Waals surface area (Å²) in [5.41, 5.74) is 6.37. The molecule has 0 spiro atoms. The molecule has 1 aromatic carbocycles. The zero-order valence-corrected chi connectivity index (χ0v) is 17.2. The molecule has 0 saturated carbocycles. The molecule has 7 heteroatoms. The lowest BCUT2D eigenvalue weighted by molar-refractivity contribution is 0.0623. The summed E-state index contributed by atoms with van der Waals surface area (Å²) in [5.74, 6) is 0.997. The number of rotatable bonds is 8. The van der Waals surface area contributed by atoms with Gasteiger partial charge in [0.2, 0.25) is 0 Å². The predicted molar refractivity (Wildman–Crippen MR) is 108 cm³/mol. The van der Waals surface area contributed by atoms with E-state index in [0.717, 1.165) is 38.6 Å². The van der Waals surface area contributed by atoms with E-state index in [1.807, 2.05) is 11.8 Å². The van der Waals surface area contributed by atoms with Gasteiger partial charge in [-0.05, 0) is 44.7 Å². The topological polar surface area (TPSA) is 64.8 Å². The number of benzene rings is 1. The van der Waals surface area contributed by atoms with Crippen LogP contribution < -0.4 is 15.2 Å². The van der Waals surface area contributed by atoms with Crippen molar-refractivity contribution < 1.29 is 14.3 Å². The van der Waals surface area contributed by atoms with E-state index in [2.05, 4.69) is 6.92 Å². The second-order valence-corrected chi connectivity index (χ2v) is 6.71. The molecule has 1 fully saturated rings. The van der Waals surface area contributed by atoms with Crippen LogP contribution in [0.1, 0.15) is 56.3 Å². The van der Waals surface area contributed by atoms with Crippen molar-refractivity contribution >= 4 is 29.9 Å². The highest BCUT2D eigenvalue weighted by atomic mass is 35.5. The van der Waals surface area contributed by atoms with Gasteiger partial charge >= 0.3 is 0 Å². The van der Waals surface area contributed by atoms with Gasteiger partial charge in [-0.2, -0.15) is 0 Å². The Bertz CT molecular complexity index is 584. The molecule has 1 heterocycles. The van der Waals surface area contributed by atoms with Gasteiger partial charge in [-0.1, -0.05) is 24.9 Å². The fraction of sp³-hybridized carbons (Fsp3) is 0.632. The Balaban J connectivity index is 0.00000338. The standard InChI is InChI=1S/C19H29ClN2O3.ClH/c1-3-5-10-25-18-16(20)11-14(12-17(18)24-4-2)19(23)22-9-7-6-8-15(22)13-21;/h11-12,15H,3-10,13,21H2,1-2H3;1H. The van der Waals surface area contributed by atoms with Crippen molar-refractivity contribution in [2.45, 2.75) is 52.0 Å². The zero-order valence-electron chi connectivity index (χ0n) is 15.6. The van der Waals surface area contributed by atoms with E-state index in [1.165, 1.54) is 0 Å². The third kappa shape index (κ3) is 5.66. The first kappa shape index (κ1) is 22.9. The molecule has 0 aliphatic carbocycles. The number of hydrogen-bond donors (Lipinski definition) is 1. The highest BCUT2D eigenvalue weighted by Gasteiger charge is 2.27. The summed E-state index contributed by atoms with van der Waals surface area (Å²) in [6.07, 6.45) is 5.04. The molecule has 5 nitrogen and oxygen atoms in total. The molecule has 1 amide bonds. The van der Waals surface area contributed by atoms with Crippen molar-refractivity contribution in [3.63, 3.8) is 0 Å². The minimum absolute atomic E-state index is 0. The van der Waals surface area contributed by atoms with E-state index in [1.54, 1.807) is 12.1 Å². The van der Waals surface area contributed by atoms with Crippen LogP contribution in [-0.2, 0) is 0 Å². The van der Waals surface area contributed by atoms with Gasteiger partial charge in [0.15, 0.2) is 11.5 Å². The highest BCUT2D eigenvalue weighted by molar-refractivity contribution is 6.32. The summed E-state index contributed by atoms with van der Waals surface area (Å²) in [5, 5.41) is 0.409. The van der Waals surface area contributed by atoms with Crippen LogP contribution in [-0.4, -0.2) is 43.2 Å². The van der Waals surface area contributed by atoms with Gasteiger partial charge in [0.05, 0.1) is 18.2 Å². The number of carbonyl (C=O) groups is 1. The lowest BCUT2D eigenvalue weighted by Gasteiger charge is -2.35. The molecule has 2 rings (SSSR count). The van der Waals surface area contributed by atoms with Crippen LogP contribution in [0.15, 0.2) is 12.1 Å². The van der Waals surface area contributed by atoms with E-state index in [0.29, 0.717) is 41.8 Å². The first-order chi connectivity index (χ1) is 12.1. The third-order valence-corrected chi connectivity index (χ3v) is 4.74. The van der Waals surface area contributed by atoms with Crippen LogP contribution in [0.5, 0.6) is 11.5 Å². The van der Waals surface area contributed by atoms with E-state index in [-0.39, 0.29) is 24.4 Å². The number of nitrogens with two attached hydrogens (primary N) is 1. The van der Waals surface area contributed by atoms with Gasteiger partial charge in [0.25, 0.3) is 5.91 Å². The predicted octanol–water partition coefficient (Wildman–Crippen LogP) is 4.29. The fourth-order valence-electron chi connectivity index (χ4n) is 3.09. The first-order valence-electron chi connectivity index (χ1n) is 9.22. The van der Waals surface area contributed by atoms with Crippen LogP contribution in [0.3, 0.4) is 0 Å². The van der Waals surface area contributed by atoms with Gasteiger partial charge in [-0.15, -0.1) is 12.4 Å². The quantitative estimate of drug-likeness (QED) is 0.656. The Morgan fingerprint density at radius 1 is 1.31 bits per heavy atom. The van der Waals surface area contributed by atoms with E-state index in [4.69, 9.17) is 26.8 Å². The number of piperidine rings is 1. The van der Waals surface area contributed by atoms with Crippen molar-refractivity contribution in [1.29, 1.82) is 0 Å². The highest BCUT2D eigenvalue weighted by Crippen LogP contribution is 2.37. The molecule has 1 saturated heterocycles. The van der Waals surface area contributed by atoms with Crippen LogP contribution in [0.2, 0.25) is 5.02 Å². The summed E-state index contributed by atoms with van der Waals surface area (Å²) in [4.78, 5) is 14.8. The van der Waals surface area contributed by atoms with E-state index >= 15 is 0 Å². The number of unbranched alkanes of at least 4 members (excludes halogenated alkanes) is 1. The third-order valence-electron chi connectivity index (χ3n) is 4.46. The molecular weight excluding hydrogens is 375 g/mol. The number of nitrogens with zero attached hydrogens (tertiary/aromatic N) is 1. The average molecular weight is 405 g/mol. The minimum Gasteiger partial charge on any atom is -0.490 e. The van der Waals surface area contributed by atoms with Crippen molar-refractivity contribution in [2.24, 2.45) is 5.73 Å². The molecule has 0 radical (unpaired) electrons. The number of ether oxygens (including phenoxy) is 2. The molecule has 148 valence electrons. The monoisotopic (exact) mass is 404 g/mol. The summed E-state index contributed by atoms with van der Waals surface area (Å²) >= 11 is 6.40. The SMILES string of the molecule is CCCCOc1c(Cl)cc(C(=O)N2CCCCC2CN)cc1OCC.Cl. The maximum Gasteiger partial charge on any atom is 0.254 e. The Labute approximate surface area is 167 Å². The Kier molecular flexibility index (Phi) is 10.1. The summed E-state index contributed by atoms with van der Waals surface area (Å²) in [6, 6.07) is 3.51. The molecule has 1 aliphatic rings. The second-order valence-electron chi connectivity index (χ2n) is 6.30. The van der Waals surface area contributed by atoms with Gasteiger partial charge in [0, 0.05) is 24.7 Å². The number of halogens is 2. The minimum atomic E-state index is -0.0434. The van der Waals surface area contributed by atoms with E-state index < -0.39 is 0 Å². The molecule has 1 aromatic rings. The van der Waals surface area contributed by atoms with Gasteiger partial charge in [0.1, 0.15) is 0 Å². The number of likely N-dealkylation sites (tertiary alicyclic amines) is 1. The van der Waals surface area contributed by atoms with E-state index in [9.17, 15) is 4.79 Å². The number of carbonyl (C=O) groups excluding carboxylic acids is 1. The van der Waals surface area contributed by atoms with Gasteiger partial charge in [-0.25, -0.2) is 0 Å². The van der Waals surface area contributed by atoms with Crippen LogP contribution in [0.25, 0.3) is 0 Å². The maximum absolute atomic E-state index is 13.0. The summed E-state index contributed by atoms with van der Waals surface area (Å²) < 4.78 is 11.5. The lowest BCUT2D eigenvalue weighted by Crippen LogP contribution is -2.47. The summed E-state index contributed by atoms with van der Waals surface area (Å²) in [7, 11) is 0. The normalized spacial score (nSPS) is 16.8. The molecule has 1 unspecified atom stereocenters. The lowest BCUT2D eigenvalue weighted by atomic mass is 10.0. The molecule has 26 heavy (non-hydrogen) atoms. The van der Waals surface area contributed by atoms with Crippen LogP contribution >= 0.6 is 24.0 Å². The smallest absolute Gasteiger partial charge is 0.254 e. The average Bonchev–Trinajstić information content (AvgIpc) is 2.63. The van der Waals surface area contributed by atoms with Crippen molar-refractivity contribution in [2.75, 3.05) is 26.3 Å². The molecule has 0 bridgehead atoms. The van der Waals surface area contributed by atoms with Gasteiger partial charge < -0.3 is 20.1 Å². The molecular formula is C19H30Cl2N2O3. The largest absolute Gasteiger partial charge is 0.490 e. The molecule has 0 aromatic heterocycles. The first-order valence-corrected chi connectivity index (χ1v) is 9.60. The zero-order chi connectivity index (χ0) is 18.2. The van der Waals surface area contributed by atoms with Crippen LogP contribution in [0, 0.1) is 0 Å². The van der Waals surface area contributed by atoms with Crippen molar-refractivity contribution in [3.8, 4) is 11.5 Å². The molecule has 2 N–H and O–H groups in total. The molecule has 1 atom stereocenters. The molecule has 1 aliphatic heterocycles. The summed E-state index contributed by atoms with van der Waals surface area (Å²) in [6.45, 7) is 6.27. The second kappa shape index (κ2) is 11.5. The van der Waals surface area contributed by atoms with Crippen LogP contribution in [0.4, 0.5) is 0 Å².